The van der Waals surface area contributed by atoms with Crippen molar-refractivity contribution in [3.63, 3.8) is 0 Å². The number of nitrogens with zero attached hydrogens (tertiary/aromatic N) is 1. The van der Waals surface area contributed by atoms with E-state index in [1.165, 1.54) is 5.56 Å². The number of benzene rings is 1. The van der Waals surface area contributed by atoms with Crippen LogP contribution in [-0.2, 0) is 6.42 Å². The lowest BCUT2D eigenvalue weighted by atomic mass is 10.1. The fraction of sp³-hybridized carbons (Fsp3) is 0.417. The molecule has 0 unspecified atom stereocenters. The molecule has 0 bridgehead atoms. The lowest BCUT2D eigenvalue weighted by molar-refractivity contribution is 0.502. The number of likely N-dealkylation sites (N-methyl/N-ethyl adjacent to an activating group) is 1. The Morgan fingerprint density at radius 2 is 1.93 bits per heavy atom. The summed E-state index contributed by atoms with van der Waals surface area (Å²) in [7, 11) is 2.06. The summed E-state index contributed by atoms with van der Waals surface area (Å²) in [6.07, 6.45) is 2.03. The quantitative estimate of drug-likeness (QED) is 0.698. The highest BCUT2D eigenvalue weighted by Crippen LogP contribution is 2.03. The Labute approximate surface area is 91.7 Å². The fourth-order valence-electron chi connectivity index (χ4n) is 1.37. The lowest BCUT2D eigenvalue weighted by Gasteiger charge is -2.19. The number of rotatable bonds is 4. The van der Waals surface area contributed by atoms with Gasteiger partial charge in [0.1, 0.15) is 0 Å². The molecule has 1 aromatic rings. The highest BCUT2D eigenvalue weighted by Gasteiger charge is 2.03. The van der Waals surface area contributed by atoms with Crippen molar-refractivity contribution in [1.82, 2.24) is 4.90 Å². The molecule has 1 nitrogen and oxygen atoms in total. The first kappa shape index (κ1) is 11.2. The Morgan fingerprint density at radius 3 is 2.50 bits per heavy atom. The van der Waals surface area contributed by atoms with Gasteiger partial charge in [-0.3, -0.25) is 0 Å². The van der Waals surface area contributed by atoms with Gasteiger partial charge in [0.2, 0.25) is 0 Å². The molecule has 0 spiro atoms. The van der Waals surface area contributed by atoms with Crippen molar-refractivity contribution in [2.75, 3.05) is 13.6 Å². The molecule has 14 heavy (non-hydrogen) atoms. The number of hydrogen-bond acceptors (Lipinski definition) is 1. The highest BCUT2D eigenvalue weighted by molar-refractivity contribution is 7.80. The topological polar surface area (TPSA) is 3.24 Å². The summed E-state index contributed by atoms with van der Waals surface area (Å²) in [5.74, 6) is 0. The molecule has 76 valence electrons. The van der Waals surface area contributed by atoms with Crippen molar-refractivity contribution < 1.29 is 0 Å². The van der Waals surface area contributed by atoms with E-state index in [2.05, 4.69) is 43.1 Å². The predicted molar refractivity (Wildman–Crippen MR) is 65.7 cm³/mol. The van der Waals surface area contributed by atoms with E-state index in [0.29, 0.717) is 0 Å². The zero-order valence-corrected chi connectivity index (χ0v) is 9.68. The van der Waals surface area contributed by atoms with Crippen molar-refractivity contribution in [3.8, 4) is 0 Å². The van der Waals surface area contributed by atoms with Crippen LogP contribution in [-0.4, -0.2) is 23.5 Å². The molecule has 0 aliphatic carbocycles. The van der Waals surface area contributed by atoms with Gasteiger partial charge in [-0.2, -0.15) is 0 Å². The molecule has 2 heteroatoms. The summed E-state index contributed by atoms with van der Waals surface area (Å²) in [6.45, 7) is 3.22. The summed E-state index contributed by atoms with van der Waals surface area (Å²) in [5.41, 5.74) is 1.29. The minimum absolute atomic E-state index is 0.882. The fourth-order valence-corrected chi connectivity index (χ4v) is 1.62. The second kappa shape index (κ2) is 5.76. The third kappa shape index (κ3) is 3.46. The minimum Gasteiger partial charge on any atom is -0.369 e. The van der Waals surface area contributed by atoms with Gasteiger partial charge < -0.3 is 4.90 Å². The van der Waals surface area contributed by atoms with Crippen LogP contribution in [0.25, 0.3) is 0 Å². The van der Waals surface area contributed by atoms with E-state index in [1.54, 1.807) is 0 Å². The predicted octanol–water partition coefficient (Wildman–Crippen LogP) is 2.90. The molecular formula is C12H17NS. The molecule has 0 N–H and O–H groups in total. The van der Waals surface area contributed by atoms with Gasteiger partial charge >= 0.3 is 0 Å². The maximum atomic E-state index is 5.35. The average molecular weight is 207 g/mol. The zero-order valence-electron chi connectivity index (χ0n) is 8.86. The first-order valence-electron chi connectivity index (χ1n) is 5.02. The van der Waals surface area contributed by atoms with E-state index in [0.717, 1.165) is 24.4 Å². The molecular weight excluding hydrogens is 190 g/mol. The molecule has 0 saturated heterocycles. The average Bonchev–Trinajstić information content (AvgIpc) is 2.19. The van der Waals surface area contributed by atoms with Gasteiger partial charge in [-0.25, -0.2) is 0 Å². The van der Waals surface area contributed by atoms with E-state index < -0.39 is 0 Å². The van der Waals surface area contributed by atoms with Gasteiger partial charge in [0.25, 0.3) is 0 Å². The molecule has 0 heterocycles. The van der Waals surface area contributed by atoms with Crippen LogP contribution in [0.1, 0.15) is 18.9 Å². The lowest BCUT2D eigenvalue weighted by Crippen LogP contribution is -2.27. The Balaban J connectivity index is 2.49. The van der Waals surface area contributed by atoms with E-state index >= 15 is 0 Å². The van der Waals surface area contributed by atoms with Crippen molar-refractivity contribution in [2.45, 2.75) is 19.8 Å². The number of thiocarbonyl (C=S) groups is 1. The van der Waals surface area contributed by atoms with Gasteiger partial charge in [0.15, 0.2) is 0 Å². The molecule has 0 atom stereocenters. The second-order valence-electron chi connectivity index (χ2n) is 3.48. The van der Waals surface area contributed by atoms with Gasteiger partial charge in [-0.1, -0.05) is 49.5 Å². The molecule has 0 aromatic heterocycles. The van der Waals surface area contributed by atoms with E-state index in [9.17, 15) is 0 Å². The largest absolute Gasteiger partial charge is 0.369 e. The van der Waals surface area contributed by atoms with Gasteiger partial charge in [0.05, 0.1) is 4.99 Å². The van der Waals surface area contributed by atoms with Crippen molar-refractivity contribution in [2.24, 2.45) is 0 Å². The normalized spacial score (nSPS) is 9.86. The molecule has 0 aliphatic rings. The van der Waals surface area contributed by atoms with Crippen LogP contribution in [0.5, 0.6) is 0 Å². The Morgan fingerprint density at radius 1 is 1.29 bits per heavy atom. The molecule has 0 amide bonds. The Bertz CT molecular complexity index is 282. The monoisotopic (exact) mass is 207 g/mol. The van der Waals surface area contributed by atoms with Gasteiger partial charge in [0, 0.05) is 20.0 Å². The first-order chi connectivity index (χ1) is 6.74. The smallest absolute Gasteiger partial charge is 0.0821 e. The Hall–Kier alpha value is -0.890. The standard InChI is InChI=1S/C12H17NS/c1-3-9-13(2)12(14)10-11-7-5-4-6-8-11/h4-8H,3,9-10H2,1-2H3. The number of hydrogen-bond donors (Lipinski definition) is 0. The van der Waals surface area contributed by atoms with Crippen LogP contribution < -0.4 is 0 Å². The van der Waals surface area contributed by atoms with Crippen LogP contribution in [0.15, 0.2) is 30.3 Å². The molecule has 0 fully saturated rings. The summed E-state index contributed by atoms with van der Waals surface area (Å²) >= 11 is 5.35. The summed E-state index contributed by atoms with van der Waals surface area (Å²) in [4.78, 5) is 3.18. The first-order valence-corrected chi connectivity index (χ1v) is 5.42. The van der Waals surface area contributed by atoms with Crippen LogP contribution in [0.2, 0.25) is 0 Å². The van der Waals surface area contributed by atoms with Gasteiger partial charge in [-0.15, -0.1) is 0 Å². The summed E-state index contributed by atoms with van der Waals surface area (Å²) < 4.78 is 0. The SMILES string of the molecule is CCCN(C)C(=S)Cc1ccccc1. The van der Waals surface area contributed by atoms with E-state index in [-0.39, 0.29) is 0 Å². The Kier molecular flexibility index (Phi) is 4.60. The maximum Gasteiger partial charge on any atom is 0.0821 e. The molecule has 0 aliphatic heterocycles. The van der Waals surface area contributed by atoms with Crippen LogP contribution in [0.3, 0.4) is 0 Å². The van der Waals surface area contributed by atoms with Crippen LogP contribution in [0, 0.1) is 0 Å². The van der Waals surface area contributed by atoms with E-state index in [1.807, 2.05) is 6.07 Å². The zero-order chi connectivity index (χ0) is 10.4. The molecule has 1 aromatic carbocycles. The molecule has 0 radical (unpaired) electrons. The van der Waals surface area contributed by atoms with Crippen molar-refractivity contribution in [3.05, 3.63) is 35.9 Å². The highest BCUT2D eigenvalue weighted by atomic mass is 32.1. The summed E-state index contributed by atoms with van der Waals surface area (Å²) in [6, 6.07) is 10.4. The minimum atomic E-state index is 0.882. The van der Waals surface area contributed by atoms with Gasteiger partial charge in [-0.05, 0) is 12.0 Å². The van der Waals surface area contributed by atoms with Crippen molar-refractivity contribution >= 4 is 17.2 Å². The summed E-state index contributed by atoms with van der Waals surface area (Å²) in [5, 5.41) is 0. The molecule has 1 rings (SSSR count). The third-order valence-electron chi connectivity index (χ3n) is 2.18. The third-order valence-corrected chi connectivity index (χ3v) is 2.64. The van der Waals surface area contributed by atoms with Crippen molar-refractivity contribution in [1.29, 1.82) is 0 Å². The maximum absolute atomic E-state index is 5.35. The van der Waals surface area contributed by atoms with E-state index in [4.69, 9.17) is 12.2 Å². The molecule has 0 saturated carbocycles. The van der Waals surface area contributed by atoms with Crippen LogP contribution in [0.4, 0.5) is 0 Å². The van der Waals surface area contributed by atoms with Crippen LogP contribution >= 0.6 is 12.2 Å². The second-order valence-corrected chi connectivity index (χ2v) is 3.95.